The summed E-state index contributed by atoms with van der Waals surface area (Å²) in [5, 5.41) is 6.24. The van der Waals surface area contributed by atoms with Crippen molar-refractivity contribution in [1.29, 1.82) is 0 Å². The zero-order chi connectivity index (χ0) is 18.4. The van der Waals surface area contributed by atoms with Gasteiger partial charge in [0.25, 0.3) is 5.91 Å². The van der Waals surface area contributed by atoms with Crippen LogP contribution in [0.15, 0.2) is 29.2 Å². The summed E-state index contributed by atoms with van der Waals surface area (Å²) < 4.78 is 4.93. The molecule has 0 radical (unpaired) electrons. The van der Waals surface area contributed by atoms with Crippen LogP contribution in [0.5, 0.6) is 0 Å². The number of thioether (sulfide) groups is 1. The number of fused-ring (bicyclic) bond motifs is 2. The second-order valence-corrected chi connectivity index (χ2v) is 7.73. The van der Waals surface area contributed by atoms with Crippen LogP contribution in [0.25, 0.3) is 0 Å². The number of methoxy groups -OCH3 is 1. The van der Waals surface area contributed by atoms with Gasteiger partial charge in [-0.15, -0.1) is 24.2 Å². The molecule has 2 heterocycles. The van der Waals surface area contributed by atoms with E-state index in [1.165, 1.54) is 11.8 Å². The summed E-state index contributed by atoms with van der Waals surface area (Å²) in [5.41, 5.74) is 0.709. The van der Waals surface area contributed by atoms with Gasteiger partial charge in [0.05, 0.1) is 17.9 Å². The Hall–Kier alpha value is -1.28. The van der Waals surface area contributed by atoms with E-state index in [2.05, 4.69) is 15.5 Å². The molecular formula is C19H28ClN3O3S. The summed E-state index contributed by atoms with van der Waals surface area (Å²) in [6.45, 7) is 2.85. The van der Waals surface area contributed by atoms with Crippen molar-refractivity contribution in [2.24, 2.45) is 0 Å². The maximum atomic E-state index is 13.3. The van der Waals surface area contributed by atoms with E-state index >= 15 is 0 Å². The number of nitrogens with one attached hydrogen (secondary N) is 2. The molecule has 1 aromatic rings. The summed E-state index contributed by atoms with van der Waals surface area (Å²) in [4.78, 5) is 28.2. The van der Waals surface area contributed by atoms with Crippen molar-refractivity contribution >= 4 is 36.0 Å². The van der Waals surface area contributed by atoms with E-state index in [0.717, 1.165) is 37.2 Å². The average molecular weight is 414 g/mol. The topological polar surface area (TPSA) is 70.7 Å². The van der Waals surface area contributed by atoms with Crippen molar-refractivity contribution in [3.63, 3.8) is 0 Å². The van der Waals surface area contributed by atoms with Gasteiger partial charge in [-0.25, -0.2) is 0 Å². The fourth-order valence-electron chi connectivity index (χ4n) is 3.71. The molecule has 0 spiro atoms. The minimum absolute atomic E-state index is 0. The van der Waals surface area contributed by atoms with Crippen LogP contribution in [0.3, 0.4) is 0 Å². The fourth-order valence-corrected chi connectivity index (χ4v) is 4.58. The highest BCUT2D eigenvalue weighted by Crippen LogP contribution is 2.32. The molecule has 2 fully saturated rings. The van der Waals surface area contributed by atoms with Crippen LogP contribution in [-0.2, 0) is 9.53 Å². The number of hydrogen-bond acceptors (Lipinski definition) is 5. The fraction of sp³-hybridized carbons (Fsp3) is 0.579. The molecule has 0 aliphatic carbocycles. The van der Waals surface area contributed by atoms with Crippen molar-refractivity contribution in [3.05, 3.63) is 29.8 Å². The molecule has 2 aliphatic rings. The van der Waals surface area contributed by atoms with E-state index in [9.17, 15) is 9.59 Å². The first-order chi connectivity index (χ1) is 12.7. The minimum atomic E-state index is -0.0478. The van der Waals surface area contributed by atoms with Crippen LogP contribution in [0.4, 0.5) is 0 Å². The van der Waals surface area contributed by atoms with Gasteiger partial charge in [0.2, 0.25) is 5.91 Å². The summed E-state index contributed by atoms with van der Waals surface area (Å²) >= 11 is 1.42. The molecule has 150 valence electrons. The van der Waals surface area contributed by atoms with Gasteiger partial charge in [-0.2, -0.15) is 0 Å². The van der Waals surface area contributed by atoms with Crippen LogP contribution < -0.4 is 10.6 Å². The van der Waals surface area contributed by atoms with Gasteiger partial charge in [0.15, 0.2) is 0 Å². The molecule has 3 rings (SSSR count). The normalized spacial score (nSPS) is 21.3. The number of carbonyl (C=O) groups excluding carboxylic acids is 2. The second kappa shape index (κ2) is 10.9. The zero-order valence-corrected chi connectivity index (χ0v) is 17.2. The van der Waals surface area contributed by atoms with Gasteiger partial charge in [-0.3, -0.25) is 9.59 Å². The van der Waals surface area contributed by atoms with Crippen LogP contribution in [0, 0.1) is 0 Å². The molecule has 0 saturated carbocycles. The molecule has 6 nitrogen and oxygen atoms in total. The quantitative estimate of drug-likeness (QED) is 0.528. The van der Waals surface area contributed by atoms with E-state index in [1.807, 2.05) is 24.3 Å². The lowest BCUT2D eigenvalue weighted by Gasteiger charge is -2.28. The largest absolute Gasteiger partial charge is 0.383 e. The first kappa shape index (κ1) is 22.0. The Bertz CT molecular complexity index is 632. The Kier molecular flexibility index (Phi) is 8.89. The summed E-state index contributed by atoms with van der Waals surface area (Å²) in [6, 6.07) is 8.24. The van der Waals surface area contributed by atoms with Crippen molar-refractivity contribution in [3.8, 4) is 0 Å². The lowest BCUT2D eigenvalue weighted by molar-refractivity contribution is -0.118. The van der Waals surface area contributed by atoms with Crippen LogP contribution in [-0.4, -0.2) is 67.9 Å². The van der Waals surface area contributed by atoms with E-state index in [4.69, 9.17) is 4.74 Å². The van der Waals surface area contributed by atoms with Crippen molar-refractivity contribution < 1.29 is 14.3 Å². The molecule has 2 N–H and O–H groups in total. The number of benzene rings is 1. The predicted molar refractivity (Wildman–Crippen MR) is 110 cm³/mol. The smallest absolute Gasteiger partial charge is 0.255 e. The van der Waals surface area contributed by atoms with Gasteiger partial charge >= 0.3 is 0 Å². The number of amides is 2. The van der Waals surface area contributed by atoms with Gasteiger partial charge in [0.1, 0.15) is 0 Å². The third-order valence-electron chi connectivity index (χ3n) is 4.99. The monoisotopic (exact) mass is 413 g/mol. The molecule has 2 unspecified atom stereocenters. The Morgan fingerprint density at radius 1 is 1.26 bits per heavy atom. The van der Waals surface area contributed by atoms with E-state index in [-0.39, 0.29) is 30.3 Å². The predicted octanol–water partition coefficient (Wildman–Crippen LogP) is 1.93. The standard InChI is InChI=1S/C19H27N3O3S.ClH/c1-25-11-10-21-18(23)13-26-17-5-3-2-4-16(17)19(24)22-14-6-7-15(22)12-20-9-8-14;/h2-5,14-15,20H,6-13H2,1H3,(H,21,23);1H. The Balaban J connectivity index is 0.00000261. The molecule has 8 heteroatoms. The third kappa shape index (κ3) is 5.60. The molecule has 0 aromatic heterocycles. The number of carbonyl (C=O) groups is 2. The molecule has 27 heavy (non-hydrogen) atoms. The Labute approximate surface area is 171 Å². The Morgan fingerprint density at radius 3 is 2.85 bits per heavy atom. The van der Waals surface area contributed by atoms with Crippen LogP contribution in [0.1, 0.15) is 29.6 Å². The number of nitrogens with zero attached hydrogens (tertiary/aromatic N) is 1. The molecule has 2 amide bonds. The molecule has 1 aromatic carbocycles. The molecule has 2 aliphatic heterocycles. The van der Waals surface area contributed by atoms with Crippen molar-refractivity contribution in [1.82, 2.24) is 15.5 Å². The van der Waals surface area contributed by atoms with Gasteiger partial charge in [-0.05, 0) is 37.9 Å². The van der Waals surface area contributed by atoms with E-state index < -0.39 is 0 Å². The first-order valence-corrected chi connectivity index (χ1v) is 10.2. The summed E-state index contributed by atoms with van der Waals surface area (Å²) in [7, 11) is 1.61. The number of hydrogen-bond donors (Lipinski definition) is 2. The number of halogens is 1. The number of ether oxygens (including phenoxy) is 1. The maximum Gasteiger partial charge on any atom is 0.255 e. The van der Waals surface area contributed by atoms with Gasteiger partial charge in [0, 0.05) is 37.2 Å². The molecule has 2 saturated heterocycles. The summed E-state index contributed by atoms with van der Waals surface area (Å²) in [6.07, 6.45) is 3.18. The average Bonchev–Trinajstić information content (AvgIpc) is 2.92. The zero-order valence-electron chi connectivity index (χ0n) is 15.6. The van der Waals surface area contributed by atoms with Crippen LogP contribution in [0.2, 0.25) is 0 Å². The number of rotatable bonds is 7. The van der Waals surface area contributed by atoms with Gasteiger partial charge in [-0.1, -0.05) is 12.1 Å². The SMILES string of the molecule is COCCNC(=O)CSc1ccccc1C(=O)N1C2CCNCC1CC2.Cl. The highest BCUT2D eigenvalue weighted by molar-refractivity contribution is 8.00. The minimum Gasteiger partial charge on any atom is -0.383 e. The third-order valence-corrected chi connectivity index (χ3v) is 6.07. The van der Waals surface area contributed by atoms with E-state index in [1.54, 1.807) is 7.11 Å². The summed E-state index contributed by atoms with van der Waals surface area (Å²) in [5.74, 6) is 0.347. The van der Waals surface area contributed by atoms with Crippen molar-refractivity contribution in [2.75, 3.05) is 39.1 Å². The lowest BCUT2D eigenvalue weighted by Crippen LogP contribution is -2.42. The highest BCUT2D eigenvalue weighted by Gasteiger charge is 2.38. The highest BCUT2D eigenvalue weighted by atomic mass is 35.5. The Morgan fingerprint density at radius 2 is 2.04 bits per heavy atom. The van der Waals surface area contributed by atoms with Gasteiger partial charge < -0.3 is 20.3 Å². The second-order valence-electron chi connectivity index (χ2n) is 6.72. The molecular weight excluding hydrogens is 386 g/mol. The molecule has 2 atom stereocenters. The maximum absolute atomic E-state index is 13.3. The van der Waals surface area contributed by atoms with Crippen molar-refractivity contribution in [2.45, 2.75) is 36.2 Å². The molecule has 2 bridgehead atoms. The van der Waals surface area contributed by atoms with E-state index in [0.29, 0.717) is 30.5 Å². The first-order valence-electron chi connectivity index (χ1n) is 9.21. The lowest BCUT2D eigenvalue weighted by atomic mass is 10.1. The van der Waals surface area contributed by atoms with Crippen LogP contribution >= 0.6 is 24.2 Å².